The molecule has 1 atom stereocenters. The Morgan fingerprint density at radius 2 is 1.74 bits per heavy atom. The second-order valence-electron chi connectivity index (χ2n) is 10.9. The minimum absolute atomic E-state index is 0.120. The van der Waals surface area contributed by atoms with Crippen LogP contribution in [0.4, 0.5) is 4.79 Å². The van der Waals surface area contributed by atoms with Crippen molar-refractivity contribution in [3.8, 4) is 0 Å². The lowest BCUT2D eigenvalue weighted by Crippen LogP contribution is -2.57. The van der Waals surface area contributed by atoms with Crippen molar-refractivity contribution in [2.75, 3.05) is 6.54 Å². The van der Waals surface area contributed by atoms with Gasteiger partial charge < -0.3 is 20.3 Å². The van der Waals surface area contributed by atoms with Gasteiger partial charge in [0.05, 0.1) is 0 Å². The van der Waals surface area contributed by atoms with E-state index in [9.17, 15) is 14.4 Å². The van der Waals surface area contributed by atoms with Gasteiger partial charge >= 0.3 is 6.09 Å². The zero-order chi connectivity index (χ0) is 25.5. The van der Waals surface area contributed by atoms with Crippen LogP contribution in [0, 0.1) is 6.92 Å². The molecule has 0 heterocycles. The molecule has 1 saturated carbocycles. The highest BCUT2D eigenvalue weighted by molar-refractivity contribution is 5.91. The number of hydrogen-bond acceptors (Lipinski definition) is 4. The van der Waals surface area contributed by atoms with Crippen molar-refractivity contribution in [1.82, 2.24) is 15.5 Å². The molecule has 0 aromatic heterocycles. The molecule has 0 aliphatic heterocycles. The summed E-state index contributed by atoms with van der Waals surface area (Å²) >= 11 is 0. The van der Waals surface area contributed by atoms with Crippen molar-refractivity contribution in [3.63, 3.8) is 0 Å². The average molecular weight is 474 g/mol. The summed E-state index contributed by atoms with van der Waals surface area (Å²) in [5, 5.41) is 5.79. The van der Waals surface area contributed by atoms with E-state index in [1.807, 2.05) is 52.0 Å². The molecule has 1 aromatic carbocycles. The highest BCUT2D eigenvalue weighted by Gasteiger charge is 2.40. The Hall–Kier alpha value is -2.57. The third kappa shape index (κ3) is 8.03. The monoisotopic (exact) mass is 473 g/mol. The van der Waals surface area contributed by atoms with Crippen LogP contribution in [0.1, 0.15) is 97.2 Å². The summed E-state index contributed by atoms with van der Waals surface area (Å²) in [6.07, 6.45) is 5.29. The molecule has 1 aromatic rings. The van der Waals surface area contributed by atoms with E-state index in [1.54, 1.807) is 25.7 Å². The average Bonchev–Trinajstić information content (AvgIpc) is 2.75. The smallest absolute Gasteiger partial charge is 0.408 e. The van der Waals surface area contributed by atoms with Crippen molar-refractivity contribution >= 4 is 17.9 Å². The third-order valence-electron chi connectivity index (χ3n) is 6.38. The SMILES string of the molecule is CCC(C)(C)N(C(=O)CNC(=O)OC(C)(C)C)C(C(=O)NC1CCCCC1)c1cccc(C)c1. The molecule has 1 aliphatic rings. The molecule has 1 aliphatic carbocycles. The predicted molar refractivity (Wildman–Crippen MR) is 134 cm³/mol. The lowest BCUT2D eigenvalue weighted by atomic mass is 9.91. The van der Waals surface area contributed by atoms with E-state index < -0.39 is 23.3 Å². The van der Waals surface area contributed by atoms with E-state index in [-0.39, 0.29) is 24.4 Å². The number of aryl methyl sites for hydroxylation is 1. The Kier molecular flexibility index (Phi) is 9.54. The maximum absolute atomic E-state index is 13.7. The summed E-state index contributed by atoms with van der Waals surface area (Å²) < 4.78 is 5.29. The summed E-state index contributed by atoms with van der Waals surface area (Å²) in [5.41, 5.74) is 0.492. The number of rotatable bonds is 8. The largest absolute Gasteiger partial charge is 0.444 e. The molecule has 190 valence electrons. The fourth-order valence-electron chi connectivity index (χ4n) is 4.33. The molecule has 0 radical (unpaired) electrons. The van der Waals surface area contributed by atoms with Crippen LogP contribution in [-0.4, -0.2) is 46.5 Å². The Morgan fingerprint density at radius 1 is 1.09 bits per heavy atom. The second-order valence-corrected chi connectivity index (χ2v) is 10.9. The van der Waals surface area contributed by atoms with Crippen molar-refractivity contribution in [2.24, 2.45) is 0 Å². The quantitative estimate of drug-likeness (QED) is 0.554. The first kappa shape index (κ1) is 27.7. The molecular formula is C27H43N3O4. The summed E-state index contributed by atoms with van der Waals surface area (Å²) in [4.78, 5) is 41.2. The number of benzene rings is 1. The normalized spacial score (nSPS) is 15.9. The lowest BCUT2D eigenvalue weighted by Gasteiger charge is -2.43. The van der Waals surface area contributed by atoms with Crippen molar-refractivity contribution in [3.05, 3.63) is 35.4 Å². The number of hydrogen-bond donors (Lipinski definition) is 2. The zero-order valence-electron chi connectivity index (χ0n) is 22.0. The number of amides is 3. The van der Waals surface area contributed by atoms with Crippen LogP contribution in [0.15, 0.2) is 24.3 Å². The van der Waals surface area contributed by atoms with Crippen LogP contribution >= 0.6 is 0 Å². The second kappa shape index (κ2) is 11.7. The van der Waals surface area contributed by atoms with E-state index >= 15 is 0 Å². The van der Waals surface area contributed by atoms with Gasteiger partial charge in [-0.05, 0) is 66.4 Å². The molecule has 0 spiro atoms. The van der Waals surface area contributed by atoms with Gasteiger partial charge in [0.2, 0.25) is 11.8 Å². The van der Waals surface area contributed by atoms with Gasteiger partial charge in [0, 0.05) is 11.6 Å². The zero-order valence-corrected chi connectivity index (χ0v) is 22.0. The maximum atomic E-state index is 13.7. The van der Waals surface area contributed by atoms with Crippen molar-refractivity contribution in [2.45, 2.75) is 110 Å². The first-order valence-corrected chi connectivity index (χ1v) is 12.5. The van der Waals surface area contributed by atoms with Gasteiger partial charge in [0.25, 0.3) is 0 Å². The molecule has 3 amide bonds. The van der Waals surface area contributed by atoms with E-state index in [0.717, 1.165) is 36.8 Å². The van der Waals surface area contributed by atoms with E-state index in [2.05, 4.69) is 10.6 Å². The Bertz CT molecular complexity index is 854. The van der Waals surface area contributed by atoms with E-state index in [4.69, 9.17) is 4.74 Å². The predicted octanol–water partition coefficient (Wildman–Crippen LogP) is 5.03. The Morgan fingerprint density at radius 3 is 2.29 bits per heavy atom. The number of carbonyl (C=O) groups is 3. The van der Waals surface area contributed by atoms with Gasteiger partial charge in [0.1, 0.15) is 18.2 Å². The highest BCUT2D eigenvalue weighted by atomic mass is 16.6. The molecule has 0 bridgehead atoms. The molecule has 34 heavy (non-hydrogen) atoms. The van der Waals surface area contributed by atoms with Gasteiger partial charge in [0.15, 0.2) is 0 Å². The number of alkyl carbamates (subject to hydrolysis) is 1. The Balaban J connectivity index is 2.37. The first-order valence-electron chi connectivity index (χ1n) is 12.5. The van der Waals surface area contributed by atoms with Crippen molar-refractivity contribution in [1.29, 1.82) is 0 Å². The van der Waals surface area contributed by atoms with Crippen LogP contribution in [0.2, 0.25) is 0 Å². The number of nitrogens with zero attached hydrogens (tertiary/aromatic N) is 1. The van der Waals surface area contributed by atoms with Gasteiger partial charge in [-0.3, -0.25) is 9.59 Å². The summed E-state index contributed by atoms with van der Waals surface area (Å²) in [5.74, 6) is -0.507. The van der Waals surface area contributed by atoms with Crippen LogP contribution in [0.25, 0.3) is 0 Å². The minimum Gasteiger partial charge on any atom is -0.444 e. The standard InChI is InChI=1S/C27H43N3O4/c1-8-27(6,7)30(22(31)18-28-25(33)34-26(3,4)5)23(20-14-12-13-19(2)17-20)24(32)29-21-15-10-9-11-16-21/h12-14,17,21,23H,8-11,15-16,18H2,1-7H3,(H,28,33)(H,29,32). The molecule has 2 rings (SSSR count). The van der Waals surface area contributed by atoms with Crippen LogP contribution in [0.5, 0.6) is 0 Å². The van der Waals surface area contributed by atoms with E-state index in [1.165, 1.54) is 6.42 Å². The van der Waals surface area contributed by atoms with Gasteiger partial charge in [-0.2, -0.15) is 0 Å². The lowest BCUT2D eigenvalue weighted by molar-refractivity contribution is -0.147. The molecular weight excluding hydrogens is 430 g/mol. The Labute approximate surface area is 205 Å². The molecule has 7 heteroatoms. The van der Waals surface area contributed by atoms with Gasteiger partial charge in [-0.1, -0.05) is 56.0 Å². The van der Waals surface area contributed by atoms with Crippen molar-refractivity contribution < 1.29 is 19.1 Å². The molecule has 1 unspecified atom stereocenters. The van der Waals surface area contributed by atoms with Gasteiger partial charge in [-0.15, -0.1) is 0 Å². The summed E-state index contributed by atoms with van der Waals surface area (Å²) in [7, 11) is 0. The van der Waals surface area contributed by atoms with Gasteiger partial charge in [-0.25, -0.2) is 4.79 Å². The number of nitrogens with one attached hydrogen (secondary N) is 2. The first-order chi connectivity index (χ1) is 15.8. The minimum atomic E-state index is -0.801. The highest BCUT2D eigenvalue weighted by Crippen LogP contribution is 2.32. The van der Waals surface area contributed by atoms with Crippen LogP contribution in [0.3, 0.4) is 0 Å². The van der Waals surface area contributed by atoms with Crippen LogP contribution in [-0.2, 0) is 14.3 Å². The molecule has 7 nitrogen and oxygen atoms in total. The fraction of sp³-hybridized carbons (Fsp3) is 0.667. The third-order valence-corrected chi connectivity index (χ3v) is 6.38. The fourth-order valence-corrected chi connectivity index (χ4v) is 4.33. The number of carbonyl (C=O) groups excluding carboxylic acids is 3. The topological polar surface area (TPSA) is 87.7 Å². The summed E-state index contributed by atoms with van der Waals surface area (Å²) in [6.45, 7) is 12.9. The summed E-state index contributed by atoms with van der Waals surface area (Å²) in [6, 6.07) is 7.05. The van der Waals surface area contributed by atoms with Crippen LogP contribution < -0.4 is 10.6 Å². The maximum Gasteiger partial charge on any atom is 0.408 e. The number of ether oxygens (including phenoxy) is 1. The molecule has 2 N–H and O–H groups in total. The van der Waals surface area contributed by atoms with E-state index in [0.29, 0.717) is 6.42 Å². The molecule has 1 fully saturated rings. The molecule has 0 saturated heterocycles.